The summed E-state index contributed by atoms with van der Waals surface area (Å²) in [5.41, 5.74) is 0.314. The first-order valence-corrected chi connectivity index (χ1v) is 7.85. The zero-order chi connectivity index (χ0) is 15.1. The van der Waals surface area contributed by atoms with Gasteiger partial charge in [-0.1, -0.05) is 45.0 Å². The van der Waals surface area contributed by atoms with Crippen LogP contribution in [0.15, 0.2) is 24.3 Å². The Bertz CT molecular complexity index is 521. The highest BCUT2D eigenvalue weighted by Gasteiger charge is 2.76. The lowest BCUT2D eigenvalue weighted by molar-refractivity contribution is -0.127. The molecule has 1 aromatic carbocycles. The van der Waals surface area contributed by atoms with Gasteiger partial charge in [0.1, 0.15) is 4.33 Å². The van der Waals surface area contributed by atoms with Crippen LogP contribution in [0.2, 0.25) is 5.02 Å². The standard InChI is InChI=1S/C15H18Cl3NO.CH4.H2S/c1-4-14(10(3)15(14,17)18)13(20)19-9(2)11-5-7-12(16)8-6-11;;/h5-10H,4H2,1-3H3,(H,19,20);1H4;1H2/t9?,10-,14+;;/m0../s1. The highest BCUT2D eigenvalue weighted by Crippen LogP contribution is 2.70. The summed E-state index contributed by atoms with van der Waals surface area (Å²) in [6.45, 7) is 5.78. The van der Waals surface area contributed by atoms with E-state index in [-0.39, 0.29) is 38.8 Å². The molecule has 1 aliphatic carbocycles. The summed E-state index contributed by atoms with van der Waals surface area (Å²) < 4.78 is -0.967. The van der Waals surface area contributed by atoms with E-state index in [0.717, 1.165) is 5.56 Å². The van der Waals surface area contributed by atoms with Gasteiger partial charge in [0.25, 0.3) is 0 Å². The van der Waals surface area contributed by atoms with Crippen LogP contribution in [0.5, 0.6) is 0 Å². The number of rotatable bonds is 4. The van der Waals surface area contributed by atoms with Crippen molar-refractivity contribution in [2.45, 2.75) is 45.0 Å². The fraction of sp³-hybridized carbons (Fsp3) is 0.562. The highest BCUT2D eigenvalue weighted by atomic mass is 35.5. The molecule has 0 radical (unpaired) electrons. The lowest BCUT2D eigenvalue weighted by Gasteiger charge is -2.20. The summed E-state index contributed by atoms with van der Waals surface area (Å²) in [6, 6.07) is 7.30. The number of hydrogen-bond donors (Lipinski definition) is 1. The number of nitrogens with one attached hydrogen (secondary N) is 1. The molecule has 126 valence electrons. The van der Waals surface area contributed by atoms with Crippen molar-refractivity contribution in [2.24, 2.45) is 11.3 Å². The molecular weight excluding hydrogens is 361 g/mol. The van der Waals surface area contributed by atoms with Gasteiger partial charge in [-0.05, 0) is 31.0 Å². The number of amides is 1. The summed E-state index contributed by atoms with van der Waals surface area (Å²) in [5.74, 6) is -0.124. The molecule has 0 aromatic heterocycles. The van der Waals surface area contributed by atoms with Gasteiger partial charge in [0.05, 0.1) is 11.5 Å². The van der Waals surface area contributed by atoms with Crippen LogP contribution in [0, 0.1) is 11.3 Å². The Labute approximate surface area is 155 Å². The summed E-state index contributed by atoms with van der Waals surface area (Å²) in [4.78, 5) is 12.5. The Morgan fingerprint density at radius 1 is 1.32 bits per heavy atom. The number of carbonyl (C=O) groups is 1. The number of benzene rings is 1. The second-order valence-electron chi connectivity index (χ2n) is 5.42. The van der Waals surface area contributed by atoms with Gasteiger partial charge in [-0.25, -0.2) is 0 Å². The van der Waals surface area contributed by atoms with Crippen LogP contribution in [-0.2, 0) is 4.79 Å². The molecule has 2 nitrogen and oxygen atoms in total. The lowest BCUT2D eigenvalue weighted by Crippen LogP contribution is -2.36. The number of hydrogen-bond acceptors (Lipinski definition) is 1. The molecule has 1 unspecified atom stereocenters. The van der Waals surface area contributed by atoms with E-state index < -0.39 is 9.75 Å². The van der Waals surface area contributed by atoms with Gasteiger partial charge in [-0.2, -0.15) is 13.5 Å². The first-order valence-electron chi connectivity index (χ1n) is 6.71. The molecule has 0 heterocycles. The smallest absolute Gasteiger partial charge is 0.230 e. The molecule has 6 heteroatoms. The minimum Gasteiger partial charge on any atom is -0.349 e. The predicted octanol–water partition coefficient (Wildman–Crippen LogP) is 5.49. The second-order valence-corrected chi connectivity index (χ2v) is 7.24. The highest BCUT2D eigenvalue weighted by molar-refractivity contribution is 7.59. The minimum atomic E-state index is -0.967. The van der Waals surface area contributed by atoms with Crippen LogP contribution in [0.1, 0.15) is 46.2 Å². The van der Waals surface area contributed by atoms with Crippen molar-refractivity contribution in [3.63, 3.8) is 0 Å². The largest absolute Gasteiger partial charge is 0.349 e. The molecule has 22 heavy (non-hydrogen) atoms. The fourth-order valence-corrected chi connectivity index (χ4v) is 4.01. The summed E-state index contributed by atoms with van der Waals surface area (Å²) in [5, 5.41) is 3.68. The van der Waals surface area contributed by atoms with E-state index in [1.54, 1.807) is 0 Å². The maximum absolute atomic E-state index is 12.5. The summed E-state index contributed by atoms with van der Waals surface area (Å²) in [7, 11) is 0. The normalized spacial score (nSPS) is 26.2. The van der Waals surface area contributed by atoms with Gasteiger partial charge in [0.15, 0.2) is 0 Å². The molecule has 1 aromatic rings. The van der Waals surface area contributed by atoms with Crippen molar-refractivity contribution in [1.29, 1.82) is 0 Å². The van der Waals surface area contributed by atoms with Gasteiger partial charge >= 0.3 is 0 Å². The van der Waals surface area contributed by atoms with Crippen molar-refractivity contribution in [3.8, 4) is 0 Å². The molecule has 3 atom stereocenters. The van der Waals surface area contributed by atoms with Crippen molar-refractivity contribution < 1.29 is 4.79 Å². The molecule has 1 saturated carbocycles. The van der Waals surface area contributed by atoms with Crippen LogP contribution >= 0.6 is 48.3 Å². The lowest BCUT2D eigenvalue weighted by atomic mass is 9.98. The summed E-state index contributed by atoms with van der Waals surface area (Å²) in [6.07, 6.45) is 0.625. The van der Waals surface area contributed by atoms with Gasteiger partial charge in [0, 0.05) is 10.9 Å². The fourth-order valence-electron chi connectivity index (χ4n) is 2.85. The van der Waals surface area contributed by atoms with Crippen molar-refractivity contribution >= 4 is 54.2 Å². The molecule has 2 rings (SSSR count). The Balaban J connectivity index is 0.00000220. The van der Waals surface area contributed by atoms with Gasteiger partial charge in [0.2, 0.25) is 5.91 Å². The van der Waals surface area contributed by atoms with Crippen molar-refractivity contribution in [3.05, 3.63) is 34.9 Å². The molecule has 0 bridgehead atoms. The van der Waals surface area contributed by atoms with Crippen molar-refractivity contribution in [2.75, 3.05) is 0 Å². The molecular formula is C16H24Cl3NOS. The maximum Gasteiger partial charge on any atom is 0.230 e. The number of halogens is 3. The second kappa shape index (κ2) is 7.65. The van der Waals surface area contributed by atoms with Gasteiger partial charge < -0.3 is 5.32 Å². The van der Waals surface area contributed by atoms with Crippen LogP contribution in [0.4, 0.5) is 0 Å². The van der Waals surface area contributed by atoms with E-state index in [9.17, 15) is 4.79 Å². The predicted molar refractivity (Wildman–Crippen MR) is 101 cm³/mol. The van der Waals surface area contributed by atoms with E-state index in [4.69, 9.17) is 34.8 Å². The average Bonchev–Trinajstić information content (AvgIpc) is 2.84. The topological polar surface area (TPSA) is 29.1 Å². The number of alkyl halides is 2. The zero-order valence-corrected chi connectivity index (χ0v) is 15.5. The molecule has 1 fully saturated rings. The quantitative estimate of drug-likeness (QED) is 0.684. The van der Waals surface area contributed by atoms with E-state index in [2.05, 4.69) is 5.32 Å². The molecule has 0 saturated heterocycles. The third kappa shape index (κ3) is 3.38. The van der Waals surface area contributed by atoms with E-state index >= 15 is 0 Å². The average molecular weight is 385 g/mol. The number of carbonyl (C=O) groups excluding carboxylic acids is 1. The molecule has 1 aliphatic rings. The summed E-state index contributed by atoms with van der Waals surface area (Å²) >= 11 is 18.4. The first-order chi connectivity index (χ1) is 9.27. The Hall–Kier alpha value is -0.0900. The minimum absolute atomic E-state index is 0. The molecule has 1 amide bonds. The van der Waals surface area contributed by atoms with Crippen LogP contribution < -0.4 is 5.32 Å². The van der Waals surface area contributed by atoms with Crippen LogP contribution in [0.25, 0.3) is 0 Å². The van der Waals surface area contributed by atoms with E-state index in [1.165, 1.54) is 0 Å². The van der Waals surface area contributed by atoms with Crippen molar-refractivity contribution in [1.82, 2.24) is 5.32 Å². The van der Waals surface area contributed by atoms with Gasteiger partial charge in [-0.15, -0.1) is 23.2 Å². The Morgan fingerprint density at radius 3 is 2.14 bits per heavy atom. The Morgan fingerprint density at radius 2 is 1.77 bits per heavy atom. The third-order valence-electron chi connectivity index (χ3n) is 4.47. The monoisotopic (exact) mass is 383 g/mol. The zero-order valence-electron chi connectivity index (χ0n) is 12.2. The van der Waals surface area contributed by atoms with Crippen LogP contribution in [0.3, 0.4) is 0 Å². The maximum atomic E-state index is 12.5. The SMILES string of the molecule is C.CC[C@]1(C(=O)NC(C)c2ccc(Cl)cc2)[C@H](C)C1(Cl)Cl.S. The molecule has 0 aliphatic heterocycles. The third-order valence-corrected chi connectivity index (χ3v) is 6.06. The van der Waals surface area contributed by atoms with Crippen LogP contribution in [-0.4, -0.2) is 10.2 Å². The molecule has 0 spiro atoms. The van der Waals surface area contributed by atoms with Gasteiger partial charge in [-0.3, -0.25) is 4.79 Å². The molecule has 1 N–H and O–H groups in total. The Kier molecular flexibility index (Phi) is 7.62. The van der Waals surface area contributed by atoms with E-state index in [0.29, 0.717) is 11.4 Å². The van der Waals surface area contributed by atoms with E-state index in [1.807, 2.05) is 45.0 Å². The first kappa shape index (κ1) is 21.9.